The van der Waals surface area contributed by atoms with Crippen molar-refractivity contribution in [1.29, 1.82) is 0 Å². The first-order valence-electron chi connectivity index (χ1n) is 5.37. The highest BCUT2D eigenvalue weighted by molar-refractivity contribution is 9.10. The third-order valence-corrected chi connectivity index (χ3v) is 3.36. The Morgan fingerprint density at radius 3 is 2.19 bits per heavy atom. The molecule has 0 aliphatic carbocycles. The van der Waals surface area contributed by atoms with E-state index in [0.717, 1.165) is 5.56 Å². The number of hydrogen-bond acceptors (Lipinski definition) is 1. The molecule has 1 nitrogen and oxygen atoms in total. The summed E-state index contributed by atoms with van der Waals surface area (Å²) in [5.41, 5.74) is 1.13. The van der Waals surface area contributed by atoms with E-state index in [1.54, 1.807) is 6.07 Å². The molecule has 0 unspecified atom stereocenters. The van der Waals surface area contributed by atoms with Crippen molar-refractivity contribution in [2.45, 2.75) is 46.0 Å². The molecule has 0 aliphatic heterocycles. The number of aromatic hydroxyl groups is 1. The van der Waals surface area contributed by atoms with Crippen molar-refractivity contribution in [3.8, 4) is 5.75 Å². The van der Waals surface area contributed by atoms with Gasteiger partial charge in [-0.2, -0.15) is 0 Å². The number of phenolic OH excluding ortho intramolecular Hbond substituents is 1. The Hall–Kier alpha value is -0.570. The molecule has 16 heavy (non-hydrogen) atoms. The zero-order valence-corrected chi connectivity index (χ0v) is 11.9. The van der Waals surface area contributed by atoms with E-state index in [9.17, 15) is 9.50 Å². The second-order valence-corrected chi connectivity index (χ2v) is 6.19. The summed E-state index contributed by atoms with van der Waals surface area (Å²) in [6.45, 7) is 9.83. The molecule has 1 rings (SSSR count). The topological polar surface area (TPSA) is 20.2 Å². The van der Waals surface area contributed by atoms with Crippen molar-refractivity contribution in [1.82, 2.24) is 0 Å². The first-order chi connectivity index (χ1) is 7.16. The summed E-state index contributed by atoms with van der Waals surface area (Å²) >= 11 is 3.12. The van der Waals surface area contributed by atoms with E-state index < -0.39 is 0 Å². The average Bonchev–Trinajstić information content (AvgIpc) is 2.11. The van der Waals surface area contributed by atoms with Crippen molar-refractivity contribution in [2.24, 2.45) is 0 Å². The van der Waals surface area contributed by atoms with E-state index in [0.29, 0.717) is 5.56 Å². The number of hydrogen-bond donors (Lipinski definition) is 1. The zero-order chi connectivity index (χ0) is 12.7. The molecule has 0 atom stereocenters. The smallest absolute Gasteiger partial charge is 0.144 e. The largest absolute Gasteiger partial charge is 0.506 e. The van der Waals surface area contributed by atoms with Crippen LogP contribution in [0.4, 0.5) is 4.39 Å². The maximum atomic E-state index is 14.0. The van der Waals surface area contributed by atoms with Crippen LogP contribution in [-0.4, -0.2) is 5.11 Å². The van der Waals surface area contributed by atoms with Gasteiger partial charge in [0.1, 0.15) is 11.6 Å². The van der Waals surface area contributed by atoms with Gasteiger partial charge in [-0.15, -0.1) is 0 Å². The molecule has 0 aliphatic rings. The zero-order valence-electron chi connectivity index (χ0n) is 10.4. The third-order valence-electron chi connectivity index (χ3n) is 2.64. The van der Waals surface area contributed by atoms with Crippen LogP contribution >= 0.6 is 15.9 Å². The van der Waals surface area contributed by atoms with Crippen LogP contribution in [0.1, 0.15) is 51.7 Å². The molecule has 0 aromatic heterocycles. The third kappa shape index (κ3) is 2.40. The van der Waals surface area contributed by atoms with E-state index in [-0.39, 0.29) is 27.4 Å². The molecule has 0 amide bonds. The number of phenols is 1. The lowest BCUT2D eigenvalue weighted by atomic mass is 9.84. The van der Waals surface area contributed by atoms with Gasteiger partial charge in [0.2, 0.25) is 0 Å². The Morgan fingerprint density at radius 2 is 1.81 bits per heavy atom. The molecule has 0 heterocycles. The molecule has 0 saturated carbocycles. The van der Waals surface area contributed by atoms with Crippen LogP contribution in [0.5, 0.6) is 5.75 Å². The van der Waals surface area contributed by atoms with E-state index in [1.165, 1.54) is 0 Å². The minimum Gasteiger partial charge on any atom is -0.506 e. The minimum absolute atomic E-state index is 0.0144. The monoisotopic (exact) mass is 288 g/mol. The van der Waals surface area contributed by atoms with Gasteiger partial charge in [0, 0.05) is 0 Å². The lowest BCUT2D eigenvalue weighted by Gasteiger charge is -2.23. The number of halogens is 2. The van der Waals surface area contributed by atoms with Crippen LogP contribution in [0.2, 0.25) is 0 Å². The fourth-order valence-corrected chi connectivity index (χ4v) is 2.06. The van der Waals surface area contributed by atoms with Gasteiger partial charge in [0.25, 0.3) is 0 Å². The normalized spacial score (nSPS) is 12.2. The Labute approximate surface area is 105 Å². The van der Waals surface area contributed by atoms with Crippen molar-refractivity contribution in [3.63, 3.8) is 0 Å². The standard InChI is InChI=1S/C13H18BrFO/c1-7(2)8-6-9(13(3,4)5)11(15)10(14)12(8)16/h6-7,16H,1-5H3. The Kier molecular flexibility index (Phi) is 3.68. The van der Waals surface area contributed by atoms with Gasteiger partial charge in [-0.3, -0.25) is 0 Å². The van der Waals surface area contributed by atoms with E-state index in [1.807, 2.05) is 34.6 Å². The maximum absolute atomic E-state index is 14.0. The SMILES string of the molecule is CC(C)c1cc(C(C)(C)C)c(F)c(Br)c1O. The van der Waals surface area contributed by atoms with Gasteiger partial charge in [0.15, 0.2) is 0 Å². The van der Waals surface area contributed by atoms with Gasteiger partial charge in [-0.1, -0.05) is 34.6 Å². The Bertz CT molecular complexity index is 405. The molecule has 0 fully saturated rings. The molecule has 1 N–H and O–H groups in total. The van der Waals surface area contributed by atoms with Crippen LogP contribution in [-0.2, 0) is 5.41 Å². The Balaban J connectivity index is 3.54. The molecule has 1 aromatic rings. The predicted molar refractivity (Wildman–Crippen MR) is 68.6 cm³/mol. The molecular formula is C13H18BrFO. The van der Waals surface area contributed by atoms with Crippen molar-refractivity contribution in [3.05, 3.63) is 27.5 Å². The predicted octanol–water partition coefficient (Wildman–Crippen LogP) is 4.71. The van der Waals surface area contributed by atoms with Crippen molar-refractivity contribution >= 4 is 15.9 Å². The summed E-state index contributed by atoms with van der Waals surface area (Å²) in [6, 6.07) is 1.76. The van der Waals surface area contributed by atoms with Crippen molar-refractivity contribution < 1.29 is 9.50 Å². The van der Waals surface area contributed by atoms with Gasteiger partial charge in [0.05, 0.1) is 4.47 Å². The fraction of sp³-hybridized carbons (Fsp3) is 0.538. The molecule has 3 heteroatoms. The first kappa shape index (κ1) is 13.5. The van der Waals surface area contributed by atoms with E-state index in [4.69, 9.17) is 0 Å². The molecule has 90 valence electrons. The highest BCUT2D eigenvalue weighted by atomic mass is 79.9. The van der Waals surface area contributed by atoms with Crippen LogP contribution < -0.4 is 0 Å². The van der Waals surface area contributed by atoms with Crippen LogP contribution in [0.25, 0.3) is 0 Å². The second kappa shape index (κ2) is 4.36. The van der Waals surface area contributed by atoms with E-state index in [2.05, 4.69) is 15.9 Å². The summed E-state index contributed by atoms with van der Waals surface area (Å²) in [5, 5.41) is 9.85. The lowest BCUT2D eigenvalue weighted by molar-refractivity contribution is 0.445. The maximum Gasteiger partial charge on any atom is 0.144 e. The quantitative estimate of drug-likeness (QED) is 0.793. The van der Waals surface area contributed by atoms with Gasteiger partial charge < -0.3 is 5.11 Å². The number of benzene rings is 1. The highest BCUT2D eigenvalue weighted by Crippen LogP contribution is 2.40. The van der Waals surface area contributed by atoms with Gasteiger partial charge >= 0.3 is 0 Å². The second-order valence-electron chi connectivity index (χ2n) is 5.39. The Morgan fingerprint density at radius 1 is 1.31 bits per heavy atom. The molecule has 0 saturated heterocycles. The van der Waals surface area contributed by atoms with Gasteiger partial charge in [-0.05, 0) is 44.5 Å². The molecule has 0 bridgehead atoms. The summed E-state index contributed by atoms with van der Waals surface area (Å²) < 4.78 is 14.2. The molecule has 1 aromatic carbocycles. The van der Waals surface area contributed by atoms with E-state index >= 15 is 0 Å². The number of rotatable bonds is 1. The average molecular weight is 289 g/mol. The highest BCUT2D eigenvalue weighted by Gasteiger charge is 2.24. The minimum atomic E-state index is -0.366. The molecule has 0 spiro atoms. The fourth-order valence-electron chi connectivity index (χ4n) is 1.62. The summed E-state index contributed by atoms with van der Waals surface area (Å²) in [6.07, 6.45) is 0. The van der Waals surface area contributed by atoms with Gasteiger partial charge in [-0.25, -0.2) is 4.39 Å². The van der Waals surface area contributed by atoms with Crippen LogP contribution in [0.15, 0.2) is 10.5 Å². The van der Waals surface area contributed by atoms with Crippen LogP contribution in [0, 0.1) is 5.82 Å². The molecular weight excluding hydrogens is 271 g/mol. The van der Waals surface area contributed by atoms with Crippen molar-refractivity contribution in [2.75, 3.05) is 0 Å². The van der Waals surface area contributed by atoms with Crippen LogP contribution in [0.3, 0.4) is 0 Å². The lowest BCUT2D eigenvalue weighted by Crippen LogP contribution is -2.15. The summed E-state index contributed by atoms with van der Waals surface area (Å²) in [7, 11) is 0. The molecule has 0 radical (unpaired) electrons. The summed E-state index contributed by atoms with van der Waals surface area (Å²) in [4.78, 5) is 0. The first-order valence-corrected chi connectivity index (χ1v) is 6.17. The summed E-state index contributed by atoms with van der Waals surface area (Å²) in [5.74, 6) is -0.187.